The Hall–Kier alpha value is -1.66. The Kier molecular flexibility index (Phi) is 9.73. The number of amides is 2. The second-order valence-electron chi connectivity index (χ2n) is 12.0. The van der Waals surface area contributed by atoms with Crippen molar-refractivity contribution in [3.8, 4) is 0 Å². The average molecular weight is 451 g/mol. The van der Waals surface area contributed by atoms with Crippen molar-refractivity contribution in [2.24, 2.45) is 22.7 Å². The molecule has 32 heavy (non-hydrogen) atoms. The first-order valence-corrected chi connectivity index (χ1v) is 11.6. The topological polar surface area (TPSA) is 76.7 Å². The molecule has 0 unspecified atom stereocenters. The van der Waals surface area contributed by atoms with Gasteiger partial charge in [0, 0.05) is 22.9 Å². The lowest BCUT2D eigenvalue weighted by Crippen LogP contribution is -2.52. The van der Waals surface area contributed by atoms with Crippen LogP contribution in [0, 0.1) is 22.7 Å². The number of nitrogens with one attached hydrogen (secondary N) is 2. The van der Waals surface area contributed by atoms with Crippen LogP contribution in [0.4, 0.5) is 0 Å². The predicted molar refractivity (Wildman–Crippen MR) is 130 cm³/mol. The molecule has 0 aromatic heterocycles. The molecule has 0 aliphatic carbocycles. The molecule has 2 amide bonds. The van der Waals surface area contributed by atoms with Crippen LogP contribution in [0.2, 0.25) is 0 Å². The third-order valence-electron chi connectivity index (χ3n) is 5.67. The Morgan fingerprint density at radius 3 is 1.34 bits per heavy atom. The molecular formula is C26H46N2O4. The first kappa shape index (κ1) is 28.4. The van der Waals surface area contributed by atoms with Crippen LogP contribution in [0.5, 0.6) is 0 Å². The first-order valence-electron chi connectivity index (χ1n) is 11.6. The van der Waals surface area contributed by atoms with E-state index >= 15 is 0 Å². The van der Waals surface area contributed by atoms with Crippen molar-refractivity contribution in [3.63, 3.8) is 0 Å². The third-order valence-corrected chi connectivity index (χ3v) is 5.67. The molecule has 0 radical (unpaired) electrons. The predicted octanol–water partition coefficient (Wildman–Crippen LogP) is 4.26. The second kappa shape index (κ2) is 11.0. The van der Waals surface area contributed by atoms with Crippen molar-refractivity contribution < 1.29 is 19.1 Å². The van der Waals surface area contributed by atoms with Gasteiger partial charge in [-0.15, -0.1) is 13.2 Å². The van der Waals surface area contributed by atoms with E-state index in [1.807, 2.05) is 67.5 Å². The minimum Gasteiger partial charge on any atom is -0.380 e. The number of ether oxygens (including phenoxy) is 2. The van der Waals surface area contributed by atoms with Gasteiger partial charge in [-0.1, -0.05) is 12.2 Å². The molecule has 6 nitrogen and oxygen atoms in total. The van der Waals surface area contributed by atoms with E-state index in [0.29, 0.717) is 26.4 Å². The summed E-state index contributed by atoms with van der Waals surface area (Å²) < 4.78 is 11.0. The van der Waals surface area contributed by atoms with E-state index in [1.165, 1.54) is 0 Å². The molecular weight excluding hydrogens is 404 g/mol. The number of rotatable bonds is 4. The highest BCUT2D eigenvalue weighted by Gasteiger charge is 2.40. The lowest BCUT2D eigenvalue weighted by Gasteiger charge is -2.37. The number of carbonyl (C=O) groups is 2. The normalized spacial score (nSPS) is 30.9. The van der Waals surface area contributed by atoms with Gasteiger partial charge in [0.15, 0.2) is 0 Å². The van der Waals surface area contributed by atoms with E-state index in [4.69, 9.17) is 9.47 Å². The van der Waals surface area contributed by atoms with Gasteiger partial charge in [0.2, 0.25) is 11.8 Å². The summed E-state index contributed by atoms with van der Waals surface area (Å²) in [7, 11) is 0. The van der Waals surface area contributed by atoms with E-state index in [0.717, 1.165) is 12.8 Å². The summed E-state index contributed by atoms with van der Waals surface area (Å²) in [5.74, 6) is 0.715. The third kappa shape index (κ3) is 9.07. The molecule has 2 rings (SSSR count). The van der Waals surface area contributed by atoms with Crippen LogP contribution < -0.4 is 10.6 Å². The lowest BCUT2D eigenvalue weighted by molar-refractivity contribution is -0.141. The first-order chi connectivity index (χ1) is 14.5. The summed E-state index contributed by atoms with van der Waals surface area (Å²) >= 11 is 0. The van der Waals surface area contributed by atoms with Crippen molar-refractivity contribution >= 4 is 11.8 Å². The zero-order valence-electron chi connectivity index (χ0n) is 21.6. The van der Waals surface area contributed by atoms with Crippen LogP contribution in [0.3, 0.4) is 0 Å². The minimum atomic E-state index is -0.426. The van der Waals surface area contributed by atoms with Gasteiger partial charge in [0.05, 0.1) is 37.3 Å². The summed E-state index contributed by atoms with van der Waals surface area (Å²) in [6, 6.07) is 0. The smallest absolute Gasteiger partial charge is 0.228 e. The fourth-order valence-electron chi connectivity index (χ4n) is 3.87. The Morgan fingerprint density at radius 1 is 0.781 bits per heavy atom. The van der Waals surface area contributed by atoms with Gasteiger partial charge in [0.25, 0.3) is 0 Å². The molecule has 0 bridgehead atoms. The van der Waals surface area contributed by atoms with E-state index in [1.54, 1.807) is 0 Å². The van der Waals surface area contributed by atoms with Gasteiger partial charge in [-0.3, -0.25) is 9.59 Å². The lowest BCUT2D eigenvalue weighted by atomic mass is 9.78. The Balaban J connectivity index is 0.000000320. The van der Waals surface area contributed by atoms with Gasteiger partial charge in [0.1, 0.15) is 0 Å². The molecule has 2 heterocycles. The van der Waals surface area contributed by atoms with Crippen molar-refractivity contribution in [1.82, 2.24) is 10.6 Å². The summed E-state index contributed by atoms with van der Waals surface area (Å²) in [5, 5.41) is 6.04. The average Bonchev–Trinajstić information content (AvgIpc) is 2.66. The Morgan fingerprint density at radius 2 is 1.09 bits per heavy atom. The van der Waals surface area contributed by atoms with Crippen LogP contribution in [0.15, 0.2) is 25.3 Å². The van der Waals surface area contributed by atoms with Crippen LogP contribution in [-0.4, -0.2) is 49.3 Å². The fraction of sp³-hybridized carbons (Fsp3) is 0.769. The van der Waals surface area contributed by atoms with E-state index in [2.05, 4.69) is 23.8 Å². The van der Waals surface area contributed by atoms with E-state index in [-0.39, 0.29) is 34.7 Å². The Bertz CT molecular complexity index is 618. The maximum Gasteiger partial charge on any atom is 0.228 e. The van der Waals surface area contributed by atoms with Gasteiger partial charge in [-0.2, -0.15) is 0 Å². The van der Waals surface area contributed by atoms with Crippen molar-refractivity contribution in [1.29, 1.82) is 0 Å². The monoisotopic (exact) mass is 450 g/mol. The standard InChI is InChI=1S/2C13H23NO2/c2*1-6-10-7-13(5,9-16-8-10)11(15)14-12(2,3)4/h2*6,10H,1,7-9H2,2-5H3,(H,14,15)/t10-,13+;10-,13-/m10/s1. The maximum atomic E-state index is 12.2. The summed E-state index contributed by atoms with van der Waals surface area (Å²) in [6.07, 6.45) is 5.39. The zero-order valence-corrected chi connectivity index (χ0v) is 21.6. The molecule has 184 valence electrons. The maximum absolute atomic E-state index is 12.2. The molecule has 0 spiro atoms. The van der Waals surface area contributed by atoms with E-state index < -0.39 is 10.8 Å². The Labute approximate surface area is 195 Å². The van der Waals surface area contributed by atoms with Gasteiger partial charge in [-0.25, -0.2) is 0 Å². The number of hydrogen-bond acceptors (Lipinski definition) is 4. The largest absolute Gasteiger partial charge is 0.380 e. The molecule has 2 saturated heterocycles. The minimum absolute atomic E-state index is 0.0755. The van der Waals surface area contributed by atoms with Crippen molar-refractivity contribution in [3.05, 3.63) is 25.3 Å². The van der Waals surface area contributed by atoms with Crippen LogP contribution in [-0.2, 0) is 19.1 Å². The molecule has 6 heteroatoms. The highest BCUT2D eigenvalue weighted by atomic mass is 16.5. The molecule has 2 aliphatic heterocycles. The molecule has 2 N–H and O–H groups in total. The number of carbonyl (C=O) groups excluding carboxylic acids is 2. The summed E-state index contributed by atoms with van der Waals surface area (Å²) in [4.78, 5) is 24.3. The molecule has 2 aliphatic rings. The SMILES string of the molecule is C=C[C@@H]1COC[C@@](C)(C(=O)NC(C)(C)C)C1.C=C[C@H]1COC[C@@](C)(C(=O)NC(C)(C)C)C1. The van der Waals surface area contributed by atoms with Crippen LogP contribution >= 0.6 is 0 Å². The van der Waals surface area contributed by atoms with Crippen LogP contribution in [0.25, 0.3) is 0 Å². The highest BCUT2D eigenvalue weighted by molar-refractivity contribution is 5.83. The molecule has 0 aromatic carbocycles. The molecule has 0 saturated carbocycles. The van der Waals surface area contributed by atoms with Crippen LogP contribution in [0.1, 0.15) is 68.2 Å². The molecule has 0 aromatic rings. The zero-order chi connectivity index (χ0) is 24.8. The van der Waals surface area contributed by atoms with Gasteiger partial charge < -0.3 is 20.1 Å². The van der Waals surface area contributed by atoms with Gasteiger partial charge >= 0.3 is 0 Å². The quantitative estimate of drug-likeness (QED) is 0.628. The second-order valence-corrected chi connectivity index (χ2v) is 12.0. The number of hydrogen-bond donors (Lipinski definition) is 2. The molecule has 4 atom stereocenters. The van der Waals surface area contributed by atoms with Crippen molar-refractivity contribution in [2.45, 2.75) is 79.3 Å². The van der Waals surface area contributed by atoms with Gasteiger partial charge in [-0.05, 0) is 68.2 Å². The highest BCUT2D eigenvalue weighted by Crippen LogP contribution is 2.33. The van der Waals surface area contributed by atoms with Crippen molar-refractivity contribution in [2.75, 3.05) is 26.4 Å². The van der Waals surface area contributed by atoms with E-state index in [9.17, 15) is 9.59 Å². The summed E-state index contributed by atoms with van der Waals surface area (Å²) in [5.41, 5.74) is -1.24. The fourth-order valence-corrected chi connectivity index (χ4v) is 3.87. The molecule has 2 fully saturated rings. The summed E-state index contributed by atoms with van der Waals surface area (Å²) in [6.45, 7) is 25.8.